The Balaban J connectivity index is 4.31. The number of aliphatic hydroxyl groups is 1. The molecule has 0 aromatic heterocycles. The molecule has 7 nitrogen and oxygen atoms in total. The van der Waals surface area contributed by atoms with E-state index in [1.54, 1.807) is 6.08 Å². The number of hydrogen-bond acceptors (Lipinski definition) is 6. The smallest absolute Gasteiger partial charge is 0.316 e. The molecule has 6 N–H and O–H groups in total. The third-order valence-corrected chi connectivity index (χ3v) is 3.04. The Morgan fingerprint density at radius 1 is 1.47 bits per heavy atom. The molecule has 0 aliphatic heterocycles. The second-order valence-electron chi connectivity index (χ2n) is 5.23. The van der Waals surface area contributed by atoms with E-state index in [1.165, 1.54) is 0 Å². The largest absolute Gasteiger partial charge is 0.387 e. The lowest BCUT2D eigenvalue weighted by Gasteiger charge is -2.24. The van der Waals surface area contributed by atoms with Crippen molar-refractivity contribution < 1.29 is 23.9 Å². The summed E-state index contributed by atoms with van der Waals surface area (Å²) in [5, 5.41) is 9.77. The van der Waals surface area contributed by atoms with Crippen molar-refractivity contribution in [2.75, 3.05) is 6.61 Å². The summed E-state index contributed by atoms with van der Waals surface area (Å²) in [5.74, 6) is 5.09. The third-order valence-electron chi connectivity index (χ3n) is 2.63. The summed E-state index contributed by atoms with van der Waals surface area (Å²) in [5.41, 5.74) is 5.40. The zero-order valence-corrected chi connectivity index (χ0v) is 12.6. The number of aliphatic hydroxyl groups excluding tert-OH is 1. The van der Waals surface area contributed by atoms with Crippen LogP contribution >= 0.6 is 8.25 Å². The minimum atomic E-state index is -3.02. The molecule has 114 valence electrons. The fourth-order valence-electron chi connectivity index (χ4n) is 1.62. The van der Waals surface area contributed by atoms with Crippen LogP contribution in [0.4, 0.5) is 0 Å². The lowest BCUT2D eigenvalue weighted by atomic mass is 9.86. The van der Waals surface area contributed by atoms with E-state index < -0.39 is 20.4 Å². The molecular weight excluding hydrogens is 271 g/mol. The number of hydrogen-bond donors (Lipinski definition) is 4. The summed E-state index contributed by atoms with van der Waals surface area (Å²) in [6.45, 7) is 5.62. The van der Waals surface area contributed by atoms with E-state index in [-0.39, 0.29) is 18.1 Å². The van der Waals surface area contributed by atoms with Gasteiger partial charge in [-0.1, -0.05) is 26.0 Å². The molecule has 2 unspecified atom stereocenters. The van der Waals surface area contributed by atoms with E-state index in [0.717, 1.165) is 0 Å². The Hall–Kier alpha value is -0.270. The molecule has 0 aromatic carbocycles. The molecule has 0 spiro atoms. The van der Waals surface area contributed by atoms with Gasteiger partial charge in [-0.2, -0.15) is 0 Å². The fourth-order valence-corrected chi connectivity index (χ4v) is 1.96. The molecule has 0 aliphatic rings. The lowest BCUT2D eigenvalue weighted by Crippen LogP contribution is -2.37. The van der Waals surface area contributed by atoms with Gasteiger partial charge in [0.1, 0.15) is 0 Å². The molecule has 4 atom stereocenters. The molecular formula is C11H25N2O5P. The van der Waals surface area contributed by atoms with Gasteiger partial charge in [0.15, 0.2) is 0 Å². The summed E-state index contributed by atoms with van der Waals surface area (Å²) in [4.78, 5) is 13.2. The predicted molar refractivity (Wildman–Crippen MR) is 73.4 cm³/mol. The molecule has 0 aliphatic carbocycles. The molecule has 0 heterocycles. The van der Waals surface area contributed by atoms with Crippen LogP contribution in [0.1, 0.15) is 27.2 Å². The van der Waals surface area contributed by atoms with Crippen molar-refractivity contribution in [3.05, 3.63) is 12.2 Å². The van der Waals surface area contributed by atoms with Gasteiger partial charge in [-0.05, 0) is 18.8 Å². The zero-order valence-electron chi connectivity index (χ0n) is 11.6. The fraction of sp³-hybridized carbons (Fsp3) is 0.818. The standard InChI is InChI=1S/C11H25N2O5P/c1-8(18-13)6-11(2,3)5-4-10(14)9(12)7-17-19(15)16/h4-5,8-10,14,19H,6-7,12-13H2,1-3H3,(H,15,16)/b5-4+/t8?,9-,10+/m0/s1. The molecule has 0 aromatic rings. The van der Waals surface area contributed by atoms with Crippen LogP contribution in [0, 0.1) is 5.41 Å². The van der Waals surface area contributed by atoms with E-state index in [4.69, 9.17) is 21.4 Å². The number of nitrogens with two attached hydrogens (primary N) is 2. The average molecular weight is 296 g/mol. The highest BCUT2D eigenvalue weighted by atomic mass is 31.1. The molecule has 0 fully saturated rings. The van der Waals surface area contributed by atoms with Crippen molar-refractivity contribution in [2.24, 2.45) is 17.0 Å². The van der Waals surface area contributed by atoms with Gasteiger partial charge in [-0.25, -0.2) is 5.90 Å². The monoisotopic (exact) mass is 296 g/mol. The van der Waals surface area contributed by atoms with Gasteiger partial charge in [0.25, 0.3) is 0 Å². The molecule has 0 rings (SSSR count). The molecule has 0 saturated carbocycles. The molecule has 0 saturated heterocycles. The number of rotatable bonds is 9. The van der Waals surface area contributed by atoms with Crippen LogP contribution in [0.3, 0.4) is 0 Å². The van der Waals surface area contributed by atoms with Crippen LogP contribution in [0.5, 0.6) is 0 Å². The summed E-state index contributed by atoms with van der Waals surface area (Å²) in [6, 6.07) is -0.753. The minimum absolute atomic E-state index is 0.103. The lowest BCUT2D eigenvalue weighted by molar-refractivity contribution is 0.0424. The maximum Gasteiger partial charge on any atom is 0.316 e. The normalized spacial score (nSPS) is 19.3. The first-order valence-corrected chi connectivity index (χ1v) is 7.28. The molecule has 8 heteroatoms. The van der Waals surface area contributed by atoms with E-state index in [0.29, 0.717) is 6.42 Å². The summed E-state index contributed by atoms with van der Waals surface area (Å²) >= 11 is 0. The highest BCUT2D eigenvalue weighted by Crippen LogP contribution is 2.25. The molecule has 0 radical (unpaired) electrons. The highest BCUT2D eigenvalue weighted by molar-refractivity contribution is 7.32. The Kier molecular flexibility index (Phi) is 8.69. The number of allylic oxidation sites excluding steroid dienone is 1. The van der Waals surface area contributed by atoms with E-state index >= 15 is 0 Å². The van der Waals surface area contributed by atoms with Crippen molar-refractivity contribution >= 4 is 8.25 Å². The van der Waals surface area contributed by atoms with Crippen LogP contribution in [0.25, 0.3) is 0 Å². The third kappa shape index (κ3) is 9.29. The van der Waals surface area contributed by atoms with Crippen LogP contribution in [0.2, 0.25) is 0 Å². The highest BCUT2D eigenvalue weighted by Gasteiger charge is 2.20. The van der Waals surface area contributed by atoms with Gasteiger partial charge >= 0.3 is 8.25 Å². The Bertz CT molecular complexity index is 311. The SMILES string of the molecule is CC(CC(C)(C)/C=C/[C@@H](O)[C@@H](N)CO[PH](=O)O)ON. The maximum absolute atomic E-state index is 10.4. The molecule has 0 bridgehead atoms. The molecule has 19 heavy (non-hydrogen) atoms. The Morgan fingerprint density at radius 3 is 2.53 bits per heavy atom. The second-order valence-corrected chi connectivity index (χ2v) is 6.05. The van der Waals surface area contributed by atoms with Gasteiger partial charge in [-0.15, -0.1) is 0 Å². The summed E-state index contributed by atoms with van der Waals surface area (Å²) in [6.07, 6.45) is 2.99. The van der Waals surface area contributed by atoms with Crippen molar-refractivity contribution in [1.82, 2.24) is 0 Å². The Morgan fingerprint density at radius 2 is 2.05 bits per heavy atom. The van der Waals surface area contributed by atoms with E-state index in [2.05, 4.69) is 4.52 Å². The van der Waals surface area contributed by atoms with Gasteiger partial charge in [-0.3, -0.25) is 4.57 Å². The van der Waals surface area contributed by atoms with Crippen molar-refractivity contribution in [3.63, 3.8) is 0 Å². The maximum atomic E-state index is 10.4. The zero-order chi connectivity index (χ0) is 15.1. The van der Waals surface area contributed by atoms with Crippen molar-refractivity contribution in [2.45, 2.75) is 45.4 Å². The topological polar surface area (TPSA) is 128 Å². The van der Waals surface area contributed by atoms with Crippen molar-refractivity contribution in [1.29, 1.82) is 0 Å². The minimum Gasteiger partial charge on any atom is -0.387 e. The first-order chi connectivity index (χ1) is 8.68. The quantitative estimate of drug-likeness (QED) is 0.274. The van der Waals surface area contributed by atoms with E-state index in [9.17, 15) is 9.67 Å². The van der Waals surface area contributed by atoms with Crippen LogP contribution < -0.4 is 11.6 Å². The van der Waals surface area contributed by atoms with Crippen LogP contribution in [-0.2, 0) is 13.9 Å². The van der Waals surface area contributed by atoms with Crippen LogP contribution in [-0.4, -0.2) is 34.9 Å². The first-order valence-electron chi connectivity index (χ1n) is 6.02. The summed E-state index contributed by atoms with van der Waals surface area (Å²) in [7, 11) is -3.02. The predicted octanol–water partition coefficient (Wildman–Crippen LogP) is 0.324. The first kappa shape index (κ1) is 18.7. The van der Waals surface area contributed by atoms with Crippen LogP contribution in [0.15, 0.2) is 12.2 Å². The van der Waals surface area contributed by atoms with E-state index in [1.807, 2.05) is 26.8 Å². The molecule has 0 amide bonds. The second kappa shape index (κ2) is 8.81. The Labute approximate surface area is 114 Å². The summed E-state index contributed by atoms with van der Waals surface area (Å²) < 4.78 is 14.9. The van der Waals surface area contributed by atoms with Gasteiger partial charge in [0.2, 0.25) is 0 Å². The van der Waals surface area contributed by atoms with Gasteiger partial charge in [0.05, 0.1) is 24.9 Å². The van der Waals surface area contributed by atoms with Gasteiger partial charge in [0, 0.05) is 0 Å². The average Bonchev–Trinajstić information content (AvgIpc) is 2.32. The van der Waals surface area contributed by atoms with Gasteiger partial charge < -0.3 is 25.1 Å². The van der Waals surface area contributed by atoms with Crippen molar-refractivity contribution in [3.8, 4) is 0 Å².